The molecule has 5 nitrogen and oxygen atoms in total. The van der Waals surface area contributed by atoms with Gasteiger partial charge in [0.2, 0.25) is 0 Å². The second-order valence-electron chi connectivity index (χ2n) is 8.24. The minimum Gasteiger partial charge on any atom is -0.324 e. The molecule has 1 fully saturated rings. The molecule has 2 aromatic carbocycles. The average Bonchev–Trinajstić information content (AvgIpc) is 2.77. The number of aromatic nitrogens is 1. The molecular weight excluding hydrogens is 433 g/mol. The molecule has 0 radical (unpaired) electrons. The topological polar surface area (TPSA) is 54.3 Å². The Labute approximate surface area is 190 Å². The summed E-state index contributed by atoms with van der Waals surface area (Å²) in [5, 5.41) is 4.22. The first-order valence-corrected chi connectivity index (χ1v) is 11.0. The summed E-state index contributed by atoms with van der Waals surface area (Å²) >= 11 is 11.9. The minimum absolute atomic E-state index is 0.0218. The Hall–Kier alpha value is -2.76. The van der Waals surface area contributed by atoms with E-state index in [1.165, 1.54) is 0 Å². The van der Waals surface area contributed by atoms with Gasteiger partial charge in [-0.15, -0.1) is 0 Å². The van der Waals surface area contributed by atoms with Crippen molar-refractivity contribution in [1.82, 2.24) is 9.47 Å². The molecule has 7 heteroatoms. The van der Waals surface area contributed by atoms with Gasteiger partial charge in [-0.1, -0.05) is 35.3 Å². The zero-order valence-corrected chi connectivity index (χ0v) is 18.2. The Bertz CT molecular complexity index is 1190. The summed E-state index contributed by atoms with van der Waals surface area (Å²) < 4.78 is 1.90. The normalized spacial score (nSPS) is 19.6. The molecule has 31 heavy (non-hydrogen) atoms. The maximum atomic E-state index is 13.2. The van der Waals surface area contributed by atoms with Crippen molar-refractivity contribution >= 4 is 34.9 Å². The maximum absolute atomic E-state index is 13.2. The number of benzene rings is 2. The Morgan fingerprint density at radius 3 is 2.26 bits per heavy atom. The summed E-state index contributed by atoms with van der Waals surface area (Å²) in [6.45, 7) is 1.85. The van der Waals surface area contributed by atoms with E-state index in [2.05, 4.69) is 5.32 Å². The van der Waals surface area contributed by atoms with Crippen molar-refractivity contribution in [3.05, 3.63) is 86.8 Å². The van der Waals surface area contributed by atoms with Crippen LogP contribution in [-0.4, -0.2) is 28.6 Å². The van der Waals surface area contributed by atoms with Crippen molar-refractivity contribution in [3.63, 3.8) is 0 Å². The van der Waals surface area contributed by atoms with Crippen molar-refractivity contribution in [2.45, 2.75) is 18.9 Å². The lowest BCUT2D eigenvalue weighted by atomic mass is 9.83. The molecule has 2 aliphatic heterocycles. The van der Waals surface area contributed by atoms with Crippen LogP contribution in [0.4, 0.5) is 10.5 Å². The number of rotatable bonds is 2. The highest BCUT2D eigenvalue weighted by atomic mass is 35.5. The largest absolute Gasteiger partial charge is 0.324 e. The molecule has 1 saturated heterocycles. The SMILES string of the molecule is O=C(Nc1ccc(Cl)cc1)N1C[C@@H]2C[C@H](C1)c1ccc(-c3ccc(Cl)cc3)c(=O)n1C2. The van der Waals surface area contributed by atoms with Gasteiger partial charge in [0.15, 0.2) is 0 Å². The number of hydrogen-bond acceptors (Lipinski definition) is 2. The van der Waals surface area contributed by atoms with E-state index < -0.39 is 0 Å². The van der Waals surface area contributed by atoms with Crippen molar-refractivity contribution < 1.29 is 4.79 Å². The van der Waals surface area contributed by atoms with Gasteiger partial charge in [-0.2, -0.15) is 0 Å². The summed E-state index contributed by atoms with van der Waals surface area (Å²) in [7, 11) is 0. The predicted molar refractivity (Wildman–Crippen MR) is 124 cm³/mol. The van der Waals surface area contributed by atoms with Crippen LogP contribution in [0, 0.1) is 5.92 Å². The number of amides is 2. The summed E-state index contributed by atoms with van der Waals surface area (Å²) in [6, 6.07) is 18.2. The maximum Gasteiger partial charge on any atom is 0.321 e. The van der Waals surface area contributed by atoms with Crippen molar-refractivity contribution in [1.29, 1.82) is 0 Å². The Morgan fingerprint density at radius 2 is 1.55 bits per heavy atom. The molecule has 0 aliphatic carbocycles. The summed E-state index contributed by atoms with van der Waals surface area (Å²) in [4.78, 5) is 27.9. The molecule has 2 atom stereocenters. The van der Waals surface area contributed by atoms with Crippen LogP contribution in [0.15, 0.2) is 65.5 Å². The number of likely N-dealkylation sites (tertiary alicyclic amines) is 1. The molecule has 3 heterocycles. The quantitative estimate of drug-likeness (QED) is 0.558. The first-order valence-electron chi connectivity index (χ1n) is 10.3. The van der Waals surface area contributed by atoms with E-state index >= 15 is 0 Å². The molecule has 2 amide bonds. The molecule has 2 bridgehead atoms. The van der Waals surface area contributed by atoms with E-state index in [0.29, 0.717) is 40.9 Å². The summed E-state index contributed by atoms with van der Waals surface area (Å²) in [5.41, 5.74) is 3.29. The van der Waals surface area contributed by atoms with E-state index in [9.17, 15) is 9.59 Å². The number of carbonyl (C=O) groups is 1. The molecule has 1 N–H and O–H groups in total. The second-order valence-corrected chi connectivity index (χ2v) is 9.11. The van der Waals surface area contributed by atoms with E-state index in [1.807, 2.05) is 33.7 Å². The highest BCUT2D eigenvalue weighted by Crippen LogP contribution is 2.36. The molecule has 5 rings (SSSR count). The highest BCUT2D eigenvalue weighted by molar-refractivity contribution is 6.30. The number of nitrogens with one attached hydrogen (secondary N) is 1. The van der Waals surface area contributed by atoms with Crippen molar-refractivity contribution in [2.24, 2.45) is 5.92 Å². The minimum atomic E-state index is -0.120. The lowest BCUT2D eigenvalue weighted by Crippen LogP contribution is -2.50. The summed E-state index contributed by atoms with van der Waals surface area (Å²) in [6.07, 6.45) is 0.991. The lowest BCUT2D eigenvalue weighted by molar-refractivity contribution is 0.139. The molecule has 0 unspecified atom stereocenters. The number of pyridine rings is 1. The number of urea groups is 1. The van der Waals surface area contributed by atoms with Gasteiger partial charge < -0.3 is 14.8 Å². The van der Waals surface area contributed by atoms with Crippen LogP contribution in [0.2, 0.25) is 10.0 Å². The number of halogens is 2. The van der Waals surface area contributed by atoms with Gasteiger partial charge in [-0.05, 0) is 66.4 Å². The zero-order valence-electron chi connectivity index (χ0n) is 16.7. The lowest BCUT2D eigenvalue weighted by Gasteiger charge is -2.42. The van der Waals surface area contributed by atoms with Crippen LogP contribution >= 0.6 is 23.2 Å². The number of piperidine rings is 1. The fourth-order valence-electron chi connectivity index (χ4n) is 4.70. The number of hydrogen-bond donors (Lipinski definition) is 1. The fraction of sp³-hybridized carbons (Fsp3) is 0.250. The monoisotopic (exact) mass is 453 g/mol. The third-order valence-electron chi connectivity index (χ3n) is 6.14. The Morgan fingerprint density at radius 1 is 0.871 bits per heavy atom. The average molecular weight is 454 g/mol. The van der Waals surface area contributed by atoms with Gasteiger partial charge in [0.05, 0.1) is 0 Å². The second kappa shape index (κ2) is 8.06. The fourth-order valence-corrected chi connectivity index (χ4v) is 4.95. The van der Waals surface area contributed by atoms with E-state index in [0.717, 1.165) is 17.7 Å². The van der Waals surface area contributed by atoms with Crippen molar-refractivity contribution in [3.8, 4) is 11.1 Å². The van der Waals surface area contributed by atoms with Crippen LogP contribution in [-0.2, 0) is 6.54 Å². The van der Waals surface area contributed by atoms with Gasteiger partial charge in [0, 0.05) is 52.5 Å². The van der Waals surface area contributed by atoms with Gasteiger partial charge in [0.25, 0.3) is 5.56 Å². The predicted octanol–water partition coefficient (Wildman–Crippen LogP) is 5.47. The van der Waals surface area contributed by atoms with Crippen LogP contribution in [0.1, 0.15) is 18.0 Å². The van der Waals surface area contributed by atoms with Crippen LogP contribution < -0.4 is 10.9 Å². The zero-order chi connectivity index (χ0) is 21.5. The van der Waals surface area contributed by atoms with Gasteiger partial charge in [-0.25, -0.2) is 4.79 Å². The molecule has 1 aromatic heterocycles. The third-order valence-corrected chi connectivity index (χ3v) is 6.65. The molecule has 158 valence electrons. The molecule has 0 spiro atoms. The Kier molecular flexibility index (Phi) is 5.24. The summed E-state index contributed by atoms with van der Waals surface area (Å²) in [5.74, 6) is 0.399. The van der Waals surface area contributed by atoms with Crippen LogP contribution in [0.25, 0.3) is 11.1 Å². The first-order chi connectivity index (χ1) is 15.0. The van der Waals surface area contributed by atoms with E-state index in [4.69, 9.17) is 23.2 Å². The van der Waals surface area contributed by atoms with Gasteiger partial charge in [-0.3, -0.25) is 4.79 Å². The molecule has 3 aromatic rings. The first kappa shape index (κ1) is 20.2. The highest BCUT2D eigenvalue weighted by Gasteiger charge is 2.36. The van der Waals surface area contributed by atoms with E-state index in [1.54, 1.807) is 36.4 Å². The molecule has 0 saturated carbocycles. The van der Waals surface area contributed by atoms with Crippen LogP contribution in [0.5, 0.6) is 0 Å². The van der Waals surface area contributed by atoms with Gasteiger partial charge >= 0.3 is 6.03 Å². The van der Waals surface area contributed by atoms with E-state index in [-0.39, 0.29) is 23.4 Å². The number of anilines is 1. The Balaban J connectivity index is 1.38. The third kappa shape index (κ3) is 3.95. The number of nitrogens with zero attached hydrogens (tertiary/aromatic N) is 2. The molecule has 2 aliphatic rings. The number of carbonyl (C=O) groups excluding carboxylic acids is 1. The molecular formula is C24H21Cl2N3O2. The van der Waals surface area contributed by atoms with Crippen molar-refractivity contribution in [2.75, 3.05) is 18.4 Å². The standard InChI is InChI=1S/C24H21Cl2N3O2/c25-18-3-1-16(2-4-18)21-9-10-22-17-11-15(13-29(22)23(21)30)12-28(14-17)24(31)27-20-7-5-19(26)6-8-20/h1-10,15,17H,11-14H2,(H,27,31)/t15-,17+/m0/s1. The van der Waals surface area contributed by atoms with Crippen LogP contribution in [0.3, 0.4) is 0 Å². The smallest absolute Gasteiger partial charge is 0.321 e. The number of fused-ring (bicyclic) bond motifs is 4. The van der Waals surface area contributed by atoms with Gasteiger partial charge in [0.1, 0.15) is 0 Å².